The molecule has 1 aliphatic carbocycles. The number of hydrogen-bond acceptors (Lipinski definition) is 4. The Morgan fingerprint density at radius 1 is 1.26 bits per heavy atom. The first-order valence-corrected chi connectivity index (χ1v) is 9.17. The van der Waals surface area contributed by atoms with Gasteiger partial charge in [0, 0.05) is 20.1 Å². The van der Waals surface area contributed by atoms with E-state index in [1.807, 2.05) is 12.1 Å². The topological polar surface area (TPSA) is 64.4 Å². The molecular weight excluding hydrogens is 314 g/mol. The van der Waals surface area contributed by atoms with Gasteiger partial charge in [0.2, 0.25) is 0 Å². The summed E-state index contributed by atoms with van der Waals surface area (Å²) < 4.78 is 34.9. The SMILES string of the molecule is Cn1nccc1S(=O)(=O)N1CCO[C@@]2(CCc3ccccc32)C1. The predicted molar refractivity (Wildman–Crippen MR) is 84.4 cm³/mol. The van der Waals surface area contributed by atoms with E-state index in [-0.39, 0.29) is 5.03 Å². The molecule has 23 heavy (non-hydrogen) atoms. The van der Waals surface area contributed by atoms with Crippen molar-refractivity contribution in [3.8, 4) is 0 Å². The molecule has 0 amide bonds. The average molecular weight is 333 g/mol. The van der Waals surface area contributed by atoms with Crippen molar-refractivity contribution in [2.45, 2.75) is 23.5 Å². The first-order chi connectivity index (χ1) is 11.0. The van der Waals surface area contributed by atoms with E-state index < -0.39 is 15.6 Å². The summed E-state index contributed by atoms with van der Waals surface area (Å²) in [6.45, 7) is 1.14. The van der Waals surface area contributed by atoms with Gasteiger partial charge < -0.3 is 4.74 Å². The zero-order chi connectivity index (χ0) is 16.1. The average Bonchev–Trinajstić information content (AvgIpc) is 3.13. The lowest BCUT2D eigenvalue weighted by molar-refractivity contribution is -0.0934. The second-order valence-electron chi connectivity index (χ2n) is 6.13. The molecule has 2 aliphatic rings. The monoisotopic (exact) mass is 333 g/mol. The van der Waals surface area contributed by atoms with Crippen molar-refractivity contribution in [1.82, 2.24) is 14.1 Å². The van der Waals surface area contributed by atoms with E-state index in [1.54, 1.807) is 13.1 Å². The van der Waals surface area contributed by atoms with E-state index >= 15 is 0 Å². The smallest absolute Gasteiger partial charge is 0.260 e. The first kappa shape index (κ1) is 14.9. The van der Waals surface area contributed by atoms with Crippen LogP contribution >= 0.6 is 0 Å². The number of ether oxygens (including phenoxy) is 1. The third-order valence-electron chi connectivity index (χ3n) is 4.84. The minimum absolute atomic E-state index is 0.223. The van der Waals surface area contributed by atoms with Crippen molar-refractivity contribution in [3.63, 3.8) is 0 Å². The molecule has 4 rings (SSSR count). The van der Waals surface area contributed by atoms with E-state index in [9.17, 15) is 8.42 Å². The molecule has 6 nitrogen and oxygen atoms in total. The number of hydrogen-bond donors (Lipinski definition) is 0. The van der Waals surface area contributed by atoms with Crippen LogP contribution in [-0.2, 0) is 33.8 Å². The Morgan fingerprint density at radius 3 is 2.87 bits per heavy atom. The van der Waals surface area contributed by atoms with E-state index in [2.05, 4.69) is 17.2 Å². The molecule has 1 aliphatic heterocycles. The number of aryl methyl sites for hydroxylation is 2. The molecule has 1 aromatic heterocycles. The lowest BCUT2D eigenvalue weighted by atomic mass is 9.94. The quantitative estimate of drug-likeness (QED) is 0.830. The lowest BCUT2D eigenvalue weighted by Gasteiger charge is -2.40. The van der Waals surface area contributed by atoms with Crippen LogP contribution in [0.1, 0.15) is 17.5 Å². The van der Waals surface area contributed by atoms with Crippen LogP contribution in [-0.4, -0.2) is 42.2 Å². The molecule has 7 heteroatoms. The normalized spacial score (nSPS) is 24.9. The van der Waals surface area contributed by atoms with Gasteiger partial charge in [0.1, 0.15) is 5.60 Å². The summed E-state index contributed by atoms with van der Waals surface area (Å²) in [5, 5.41) is 4.21. The highest BCUT2D eigenvalue weighted by molar-refractivity contribution is 7.89. The maximum atomic E-state index is 12.9. The summed E-state index contributed by atoms with van der Waals surface area (Å²) in [5.74, 6) is 0. The largest absolute Gasteiger partial charge is 0.368 e. The fraction of sp³-hybridized carbons (Fsp3) is 0.438. The first-order valence-electron chi connectivity index (χ1n) is 7.73. The third-order valence-corrected chi connectivity index (χ3v) is 6.76. The van der Waals surface area contributed by atoms with Crippen molar-refractivity contribution in [2.75, 3.05) is 19.7 Å². The number of benzene rings is 1. The van der Waals surface area contributed by atoms with Crippen molar-refractivity contribution < 1.29 is 13.2 Å². The maximum absolute atomic E-state index is 12.9. The zero-order valence-electron chi connectivity index (χ0n) is 13.0. The second-order valence-corrected chi connectivity index (χ2v) is 8.02. The molecular formula is C16H19N3O3S. The van der Waals surface area contributed by atoms with Crippen LogP contribution in [0.4, 0.5) is 0 Å². The van der Waals surface area contributed by atoms with Crippen LogP contribution in [0.15, 0.2) is 41.6 Å². The van der Waals surface area contributed by atoms with Crippen molar-refractivity contribution in [3.05, 3.63) is 47.7 Å². The second kappa shape index (κ2) is 5.15. The molecule has 2 aromatic rings. The third kappa shape index (κ3) is 2.22. The van der Waals surface area contributed by atoms with E-state index in [4.69, 9.17) is 4.74 Å². The summed E-state index contributed by atoms with van der Waals surface area (Å²) in [7, 11) is -1.91. The highest BCUT2D eigenvalue weighted by atomic mass is 32.2. The van der Waals surface area contributed by atoms with E-state index in [1.165, 1.54) is 20.7 Å². The molecule has 0 radical (unpaired) electrons. The van der Waals surface area contributed by atoms with Gasteiger partial charge in [0.05, 0.1) is 12.8 Å². The maximum Gasteiger partial charge on any atom is 0.260 e. The fourth-order valence-electron chi connectivity index (χ4n) is 3.67. The van der Waals surface area contributed by atoms with Crippen LogP contribution in [0.25, 0.3) is 0 Å². The molecule has 0 unspecified atom stereocenters. The number of rotatable bonds is 2. The number of aromatic nitrogens is 2. The highest BCUT2D eigenvalue weighted by Crippen LogP contribution is 2.42. The van der Waals surface area contributed by atoms with E-state index in [0.29, 0.717) is 19.7 Å². The fourth-order valence-corrected chi connectivity index (χ4v) is 5.24. The van der Waals surface area contributed by atoms with Crippen LogP contribution in [0.5, 0.6) is 0 Å². The van der Waals surface area contributed by atoms with Crippen molar-refractivity contribution >= 4 is 10.0 Å². The van der Waals surface area contributed by atoms with Gasteiger partial charge in [-0.3, -0.25) is 4.68 Å². The Morgan fingerprint density at radius 2 is 2.09 bits per heavy atom. The Bertz CT molecular complexity index is 842. The summed E-state index contributed by atoms with van der Waals surface area (Å²) in [6.07, 6.45) is 3.26. The molecule has 122 valence electrons. The summed E-state index contributed by atoms with van der Waals surface area (Å²) in [4.78, 5) is 0. The molecule has 0 bridgehead atoms. The van der Waals surface area contributed by atoms with Gasteiger partial charge in [-0.1, -0.05) is 24.3 Å². The Hall–Kier alpha value is -1.70. The predicted octanol–water partition coefficient (Wildman–Crippen LogP) is 1.28. The molecule has 1 saturated heterocycles. The molecule has 0 saturated carbocycles. The molecule has 2 heterocycles. The number of nitrogens with zero attached hydrogens (tertiary/aromatic N) is 3. The standard InChI is InChI=1S/C16H19N3O3S/c1-18-15(7-9-17-18)23(20,21)19-10-11-22-16(12-19)8-6-13-4-2-3-5-14(13)16/h2-5,7,9H,6,8,10-12H2,1H3/t16-/m0/s1. The van der Waals surface area contributed by atoms with Crippen molar-refractivity contribution in [2.24, 2.45) is 7.05 Å². The minimum atomic E-state index is -3.56. The van der Waals surface area contributed by atoms with E-state index in [0.717, 1.165) is 18.4 Å². The lowest BCUT2D eigenvalue weighted by Crippen LogP contribution is -2.51. The number of sulfonamides is 1. The Kier molecular flexibility index (Phi) is 3.33. The van der Waals surface area contributed by atoms with Crippen LogP contribution in [0.2, 0.25) is 0 Å². The Balaban J connectivity index is 1.70. The molecule has 1 aromatic carbocycles. The summed E-state index contributed by atoms with van der Waals surface area (Å²) in [6, 6.07) is 9.71. The molecule has 0 N–H and O–H groups in total. The zero-order valence-corrected chi connectivity index (χ0v) is 13.8. The van der Waals surface area contributed by atoms with Gasteiger partial charge in [-0.05, 0) is 30.0 Å². The minimum Gasteiger partial charge on any atom is -0.368 e. The van der Waals surface area contributed by atoms with Gasteiger partial charge in [-0.2, -0.15) is 9.40 Å². The number of fused-ring (bicyclic) bond motifs is 2. The highest BCUT2D eigenvalue weighted by Gasteiger charge is 2.46. The van der Waals surface area contributed by atoms with Crippen LogP contribution < -0.4 is 0 Å². The molecule has 1 spiro atoms. The van der Waals surface area contributed by atoms with Gasteiger partial charge in [0.15, 0.2) is 5.03 Å². The Labute approximate surface area is 135 Å². The van der Waals surface area contributed by atoms with Gasteiger partial charge in [-0.25, -0.2) is 8.42 Å². The summed E-state index contributed by atoms with van der Waals surface area (Å²) >= 11 is 0. The summed E-state index contributed by atoms with van der Waals surface area (Å²) in [5.41, 5.74) is 1.87. The number of morpholine rings is 1. The van der Waals surface area contributed by atoms with Crippen LogP contribution in [0, 0.1) is 0 Å². The van der Waals surface area contributed by atoms with Gasteiger partial charge in [0.25, 0.3) is 10.0 Å². The molecule has 1 atom stereocenters. The van der Waals surface area contributed by atoms with Crippen molar-refractivity contribution in [1.29, 1.82) is 0 Å². The van der Waals surface area contributed by atoms with Gasteiger partial charge in [-0.15, -0.1) is 0 Å². The van der Waals surface area contributed by atoms with Gasteiger partial charge >= 0.3 is 0 Å². The molecule has 1 fully saturated rings. The van der Waals surface area contributed by atoms with Crippen LogP contribution in [0.3, 0.4) is 0 Å².